The number of hydrazine groups is 1. The van der Waals surface area contributed by atoms with Crippen LogP contribution in [0.2, 0.25) is 0 Å². The minimum absolute atomic E-state index is 0.0938. The SMILES string of the molecule is O=C(c1cccc([N+](=O)[O-])c1)N(Cc1ccccc1F)N1C(=O)[C@H]2C3c4ccccc4C(c4ccccc43)[C@@H]2C1=O. The van der Waals surface area contributed by atoms with Crippen LogP contribution in [0.1, 0.15) is 50.0 Å². The molecule has 0 unspecified atom stereocenters. The van der Waals surface area contributed by atoms with E-state index in [2.05, 4.69) is 0 Å². The van der Waals surface area contributed by atoms with Crippen molar-refractivity contribution in [2.45, 2.75) is 18.4 Å². The van der Waals surface area contributed by atoms with Crippen LogP contribution in [0.5, 0.6) is 0 Å². The molecule has 3 amide bonds. The van der Waals surface area contributed by atoms with Crippen molar-refractivity contribution in [3.05, 3.63) is 146 Å². The van der Waals surface area contributed by atoms with E-state index in [1.165, 1.54) is 36.4 Å². The number of hydrogen-bond acceptors (Lipinski definition) is 5. The summed E-state index contributed by atoms with van der Waals surface area (Å²) >= 11 is 0. The lowest BCUT2D eigenvalue weighted by atomic mass is 9.55. The Kier molecular flexibility index (Phi) is 5.57. The van der Waals surface area contributed by atoms with Crippen molar-refractivity contribution in [1.82, 2.24) is 10.0 Å². The highest BCUT2D eigenvalue weighted by molar-refractivity contribution is 6.09. The van der Waals surface area contributed by atoms with Crippen molar-refractivity contribution in [3.8, 4) is 0 Å². The van der Waals surface area contributed by atoms with Crippen LogP contribution in [0.15, 0.2) is 97.1 Å². The van der Waals surface area contributed by atoms with E-state index in [4.69, 9.17) is 0 Å². The number of carbonyl (C=O) groups is 3. The fourth-order valence-corrected chi connectivity index (χ4v) is 6.82. The Balaban J connectivity index is 1.36. The number of nitro groups is 1. The molecule has 1 fully saturated rings. The molecule has 0 N–H and O–H groups in total. The van der Waals surface area contributed by atoms with Gasteiger partial charge in [0.1, 0.15) is 5.82 Å². The van der Waals surface area contributed by atoms with Crippen LogP contribution in [0.3, 0.4) is 0 Å². The van der Waals surface area contributed by atoms with E-state index in [9.17, 15) is 28.9 Å². The Hall–Kier alpha value is -5.18. The second-order valence-corrected chi connectivity index (χ2v) is 10.5. The molecule has 4 aromatic carbocycles. The fourth-order valence-electron chi connectivity index (χ4n) is 6.82. The zero-order valence-corrected chi connectivity index (χ0v) is 21.5. The van der Waals surface area contributed by atoms with Gasteiger partial charge in [-0.25, -0.2) is 9.40 Å². The number of amides is 3. The molecule has 2 atom stereocenters. The van der Waals surface area contributed by atoms with Crippen molar-refractivity contribution in [2.75, 3.05) is 0 Å². The Labute approximate surface area is 233 Å². The molecule has 1 saturated heterocycles. The van der Waals surface area contributed by atoms with Crippen molar-refractivity contribution in [1.29, 1.82) is 0 Å². The number of nitrogens with zero attached hydrogens (tertiary/aromatic N) is 3. The molecule has 1 heterocycles. The van der Waals surface area contributed by atoms with Gasteiger partial charge in [0.2, 0.25) is 0 Å². The van der Waals surface area contributed by atoms with Gasteiger partial charge in [-0.2, -0.15) is 5.01 Å². The predicted molar refractivity (Wildman–Crippen MR) is 145 cm³/mol. The number of rotatable bonds is 5. The average molecular weight is 548 g/mol. The highest BCUT2D eigenvalue weighted by Crippen LogP contribution is 2.61. The van der Waals surface area contributed by atoms with Crippen molar-refractivity contribution in [3.63, 3.8) is 0 Å². The van der Waals surface area contributed by atoms with Gasteiger partial charge >= 0.3 is 0 Å². The molecule has 1 aliphatic heterocycles. The lowest BCUT2D eigenvalue weighted by Gasteiger charge is -2.45. The van der Waals surface area contributed by atoms with Gasteiger partial charge in [-0.3, -0.25) is 24.5 Å². The van der Waals surface area contributed by atoms with Gasteiger partial charge in [0, 0.05) is 35.1 Å². The molecule has 0 aromatic heterocycles. The minimum atomic E-state index is -0.820. The maximum absolute atomic E-state index is 14.8. The van der Waals surface area contributed by atoms with Crippen LogP contribution in [-0.2, 0) is 16.1 Å². The normalized spacial score (nSPS) is 21.7. The van der Waals surface area contributed by atoms with Crippen molar-refractivity contribution in [2.24, 2.45) is 11.8 Å². The van der Waals surface area contributed by atoms with Crippen LogP contribution in [-0.4, -0.2) is 32.7 Å². The Morgan fingerprint density at radius 2 is 1.29 bits per heavy atom. The summed E-state index contributed by atoms with van der Waals surface area (Å²) in [6, 6.07) is 26.4. The Bertz CT molecular complexity index is 1670. The Morgan fingerprint density at radius 1 is 0.780 bits per heavy atom. The number of halogens is 1. The molecular weight excluding hydrogens is 525 g/mol. The van der Waals surface area contributed by atoms with E-state index in [0.717, 1.165) is 38.3 Å². The topological polar surface area (TPSA) is 101 Å². The van der Waals surface area contributed by atoms with Gasteiger partial charge in [-0.1, -0.05) is 72.8 Å². The number of carbonyl (C=O) groups excluding carboxylic acids is 3. The maximum atomic E-state index is 14.8. The van der Waals surface area contributed by atoms with Crippen LogP contribution in [0, 0.1) is 27.8 Å². The second-order valence-electron chi connectivity index (χ2n) is 10.5. The summed E-state index contributed by atoms with van der Waals surface area (Å²) in [6.07, 6.45) is 0. The van der Waals surface area contributed by atoms with Crippen LogP contribution < -0.4 is 0 Å². The molecule has 3 aliphatic carbocycles. The monoisotopic (exact) mass is 547 g/mol. The van der Waals surface area contributed by atoms with Gasteiger partial charge in [0.25, 0.3) is 23.4 Å². The molecule has 41 heavy (non-hydrogen) atoms. The summed E-state index contributed by atoms with van der Waals surface area (Å²) in [5.74, 6) is -4.80. The smallest absolute Gasteiger partial charge is 0.272 e. The summed E-state index contributed by atoms with van der Waals surface area (Å²) in [5, 5.41) is 13.2. The molecular formula is C32H22FN3O5. The Morgan fingerprint density at radius 3 is 1.80 bits per heavy atom. The highest BCUT2D eigenvalue weighted by Gasteiger charge is 2.63. The number of hydrogen-bond donors (Lipinski definition) is 0. The zero-order valence-electron chi connectivity index (χ0n) is 21.5. The summed E-state index contributed by atoms with van der Waals surface area (Å²) in [4.78, 5) is 53.3. The second kappa shape index (κ2) is 9.19. The van der Waals surface area contributed by atoms with E-state index in [1.54, 1.807) is 6.07 Å². The molecule has 2 bridgehead atoms. The van der Waals surface area contributed by atoms with Crippen LogP contribution in [0.4, 0.5) is 10.1 Å². The van der Waals surface area contributed by atoms with Gasteiger partial charge < -0.3 is 0 Å². The molecule has 4 aliphatic rings. The number of benzene rings is 4. The maximum Gasteiger partial charge on any atom is 0.273 e. The molecule has 9 heteroatoms. The first-order valence-corrected chi connectivity index (χ1v) is 13.2. The molecule has 202 valence electrons. The molecule has 0 saturated carbocycles. The predicted octanol–water partition coefficient (Wildman–Crippen LogP) is 5.18. The van der Waals surface area contributed by atoms with E-state index < -0.39 is 46.8 Å². The third-order valence-electron chi connectivity index (χ3n) is 8.48. The van der Waals surface area contributed by atoms with E-state index in [-0.39, 0.29) is 28.7 Å². The quantitative estimate of drug-likeness (QED) is 0.195. The van der Waals surface area contributed by atoms with E-state index in [0.29, 0.717) is 0 Å². The molecule has 0 radical (unpaired) electrons. The largest absolute Gasteiger partial charge is 0.273 e. The summed E-state index contributed by atoms with van der Waals surface area (Å²) in [6.45, 7) is -0.416. The summed E-state index contributed by atoms with van der Waals surface area (Å²) in [7, 11) is 0. The highest BCUT2D eigenvalue weighted by atomic mass is 19.1. The minimum Gasteiger partial charge on any atom is -0.272 e. The molecule has 4 aromatic rings. The fraction of sp³-hybridized carbons (Fsp3) is 0.156. The van der Waals surface area contributed by atoms with Crippen LogP contribution in [0.25, 0.3) is 0 Å². The van der Waals surface area contributed by atoms with Crippen LogP contribution >= 0.6 is 0 Å². The number of nitro benzene ring substituents is 1. The van der Waals surface area contributed by atoms with Gasteiger partial charge in [0.15, 0.2) is 0 Å². The van der Waals surface area contributed by atoms with Crippen molar-refractivity contribution >= 4 is 23.4 Å². The summed E-state index contributed by atoms with van der Waals surface area (Å²) in [5.41, 5.74) is 3.59. The standard InChI is InChI=1S/C32H22FN3O5/c33-25-15-6-1-8-19(25)17-34(30(37)18-9-7-10-20(16-18)36(40)41)35-31(38)28-26-21-11-2-3-12-22(21)27(29(28)32(35)39)24-14-5-4-13-23(24)26/h1-16,26-29H,17H2/t26?,27?,28-,29-/m0/s1. The van der Waals surface area contributed by atoms with Gasteiger partial charge in [-0.15, -0.1) is 0 Å². The van der Waals surface area contributed by atoms with E-state index in [1.807, 2.05) is 48.5 Å². The number of non-ortho nitro benzene ring substituents is 1. The molecule has 8 nitrogen and oxygen atoms in total. The first-order chi connectivity index (χ1) is 19.9. The number of imide groups is 1. The van der Waals surface area contributed by atoms with Gasteiger partial charge in [-0.05, 0) is 34.4 Å². The molecule has 8 rings (SSSR count). The van der Waals surface area contributed by atoms with Gasteiger partial charge in [0.05, 0.1) is 23.3 Å². The summed E-state index contributed by atoms with van der Waals surface area (Å²) < 4.78 is 14.8. The lowest BCUT2D eigenvalue weighted by molar-refractivity contribution is -0.384. The first-order valence-electron chi connectivity index (χ1n) is 13.2. The van der Waals surface area contributed by atoms with Crippen molar-refractivity contribution < 1.29 is 23.7 Å². The third-order valence-corrected chi connectivity index (χ3v) is 8.48. The third kappa shape index (κ3) is 3.62. The van der Waals surface area contributed by atoms with E-state index >= 15 is 0 Å². The lowest BCUT2D eigenvalue weighted by Crippen LogP contribution is -2.50. The molecule has 0 spiro atoms. The average Bonchev–Trinajstić information content (AvgIpc) is 3.26. The first kappa shape index (κ1) is 24.8. The zero-order chi connectivity index (χ0) is 28.4.